The number of carbonyl (C=O) groups excluding carboxylic acids is 4. The molecule has 0 N–H and O–H groups in total. The van der Waals surface area contributed by atoms with Crippen molar-refractivity contribution in [3.63, 3.8) is 0 Å². The molecule has 0 radical (unpaired) electrons. The van der Waals surface area contributed by atoms with Crippen LogP contribution >= 0.6 is 0 Å². The van der Waals surface area contributed by atoms with E-state index in [4.69, 9.17) is 4.74 Å². The Labute approximate surface area is 162 Å². The van der Waals surface area contributed by atoms with Crippen LogP contribution in [0.25, 0.3) is 0 Å². The molecular weight excluding hydrogens is 360 g/mol. The molecule has 0 aliphatic carbocycles. The molecule has 0 saturated carbocycles. The lowest BCUT2D eigenvalue weighted by molar-refractivity contribution is -0.152. The fourth-order valence-corrected chi connectivity index (χ4v) is 2.97. The van der Waals surface area contributed by atoms with Crippen molar-refractivity contribution in [1.82, 2.24) is 9.80 Å². The molecule has 0 bridgehead atoms. The molecule has 7 nitrogen and oxygen atoms in total. The van der Waals surface area contributed by atoms with Gasteiger partial charge >= 0.3 is 5.97 Å². The highest BCUT2D eigenvalue weighted by Gasteiger charge is 2.36. The molecule has 1 heterocycles. The SMILES string of the molecule is CCN(Cc1ccccc1)C(=O)COC(=O)CN1C(=O)c2ccccc2C1=O. The quantitative estimate of drug-likeness (QED) is 0.541. The monoisotopic (exact) mass is 380 g/mol. The van der Waals surface area contributed by atoms with E-state index in [0.29, 0.717) is 13.1 Å². The van der Waals surface area contributed by atoms with Crippen LogP contribution in [0.1, 0.15) is 33.2 Å². The molecule has 0 spiro atoms. The van der Waals surface area contributed by atoms with Crippen molar-refractivity contribution in [3.05, 3.63) is 71.3 Å². The summed E-state index contributed by atoms with van der Waals surface area (Å²) in [5.74, 6) is -2.23. The lowest BCUT2D eigenvalue weighted by atomic mass is 10.1. The molecule has 0 aromatic heterocycles. The first-order chi connectivity index (χ1) is 13.5. The number of likely N-dealkylation sites (N-methyl/N-ethyl adjacent to an activating group) is 1. The summed E-state index contributed by atoms with van der Waals surface area (Å²) < 4.78 is 5.01. The maximum Gasteiger partial charge on any atom is 0.326 e. The second kappa shape index (κ2) is 8.47. The van der Waals surface area contributed by atoms with Gasteiger partial charge in [0, 0.05) is 13.1 Å². The third-order valence-corrected chi connectivity index (χ3v) is 4.47. The molecule has 2 aromatic carbocycles. The minimum absolute atomic E-state index is 0.261. The largest absolute Gasteiger partial charge is 0.454 e. The van der Waals surface area contributed by atoms with E-state index in [0.717, 1.165) is 10.5 Å². The number of carbonyl (C=O) groups is 4. The van der Waals surface area contributed by atoms with Gasteiger partial charge in [-0.2, -0.15) is 0 Å². The number of hydrogen-bond donors (Lipinski definition) is 0. The third-order valence-electron chi connectivity index (χ3n) is 4.47. The molecule has 3 rings (SSSR count). The minimum Gasteiger partial charge on any atom is -0.454 e. The predicted octanol–water partition coefficient (Wildman–Crippen LogP) is 1.87. The first kappa shape index (κ1) is 19.3. The summed E-state index contributed by atoms with van der Waals surface area (Å²) in [5, 5.41) is 0. The van der Waals surface area contributed by atoms with Gasteiger partial charge in [-0.1, -0.05) is 42.5 Å². The average Bonchev–Trinajstić information content (AvgIpc) is 2.96. The summed E-state index contributed by atoms with van der Waals surface area (Å²) in [7, 11) is 0. The van der Waals surface area contributed by atoms with Crippen LogP contribution in [-0.4, -0.2) is 53.2 Å². The maximum absolute atomic E-state index is 12.3. The van der Waals surface area contributed by atoms with Gasteiger partial charge in [-0.25, -0.2) is 0 Å². The van der Waals surface area contributed by atoms with Gasteiger partial charge in [-0.15, -0.1) is 0 Å². The van der Waals surface area contributed by atoms with E-state index in [-0.39, 0.29) is 17.0 Å². The summed E-state index contributed by atoms with van der Waals surface area (Å²) in [5.41, 5.74) is 1.49. The van der Waals surface area contributed by atoms with Gasteiger partial charge in [0.15, 0.2) is 6.61 Å². The summed E-state index contributed by atoms with van der Waals surface area (Å²) in [4.78, 5) is 51.3. The number of nitrogens with zero attached hydrogens (tertiary/aromatic N) is 2. The van der Waals surface area contributed by atoms with Gasteiger partial charge in [0.2, 0.25) is 0 Å². The van der Waals surface area contributed by atoms with Crippen molar-refractivity contribution in [2.24, 2.45) is 0 Å². The van der Waals surface area contributed by atoms with E-state index >= 15 is 0 Å². The van der Waals surface area contributed by atoms with Gasteiger partial charge in [-0.3, -0.25) is 24.1 Å². The van der Waals surface area contributed by atoms with Crippen molar-refractivity contribution in [3.8, 4) is 0 Å². The van der Waals surface area contributed by atoms with Crippen LogP contribution in [0.3, 0.4) is 0 Å². The van der Waals surface area contributed by atoms with E-state index in [1.165, 1.54) is 12.1 Å². The molecule has 1 aliphatic rings. The Balaban J connectivity index is 1.53. The summed E-state index contributed by atoms with van der Waals surface area (Å²) in [6, 6.07) is 15.8. The Morgan fingerprint density at radius 1 is 0.929 bits per heavy atom. The van der Waals surface area contributed by atoms with Crippen molar-refractivity contribution < 1.29 is 23.9 Å². The average molecular weight is 380 g/mol. The molecule has 144 valence electrons. The van der Waals surface area contributed by atoms with E-state index < -0.39 is 30.9 Å². The summed E-state index contributed by atoms with van der Waals surface area (Å²) in [6.45, 7) is 1.74. The molecule has 2 aromatic rings. The lowest BCUT2D eigenvalue weighted by Crippen LogP contribution is -2.38. The van der Waals surface area contributed by atoms with E-state index in [1.807, 2.05) is 37.3 Å². The lowest BCUT2D eigenvalue weighted by Gasteiger charge is -2.21. The van der Waals surface area contributed by atoms with Gasteiger partial charge < -0.3 is 9.64 Å². The number of ether oxygens (including phenoxy) is 1. The maximum atomic E-state index is 12.3. The molecule has 0 fully saturated rings. The highest BCUT2D eigenvalue weighted by Crippen LogP contribution is 2.22. The summed E-state index contributed by atoms with van der Waals surface area (Å²) >= 11 is 0. The van der Waals surface area contributed by atoms with E-state index in [1.54, 1.807) is 17.0 Å². The van der Waals surface area contributed by atoms with Crippen LogP contribution in [0.15, 0.2) is 54.6 Å². The number of fused-ring (bicyclic) bond motifs is 1. The minimum atomic E-state index is -0.807. The first-order valence-corrected chi connectivity index (χ1v) is 8.93. The number of rotatable bonds is 7. The van der Waals surface area contributed by atoms with Gasteiger partial charge in [0.05, 0.1) is 11.1 Å². The number of esters is 1. The summed E-state index contributed by atoms with van der Waals surface area (Å²) in [6.07, 6.45) is 0. The van der Waals surface area contributed by atoms with Crippen molar-refractivity contribution >= 4 is 23.7 Å². The van der Waals surface area contributed by atoms with E-state index in [9.17, 15) is 19.2 Å². The number of amides is 3. The highest BCUT2D eigenvalue weighted by molar-refractivity contribution is 6.22. The number of hydrogen-bond acceptors (Lipinski definition) is 5. The Hall–Kier alpha value is -3.48. The smallest absolute Gasteiger partial charge is 0.326 e. The zero-order valence-corrected chi connectivity index (χ0v) is 15.5. The topological polar surface area (TPSA) is 84.0 Å². The molecule has 0 saturated heterocycles. The molecular formula is C21H20N2O5. The standard InChI is InChI=1S/C21H20N2O5/c1-2-22(12-15-8-4-3-5-9-15)18(24)14-28-19(25)13-23-20(26)16-10-6-7-11-17(16)21(23)27/h3-11H,2,12-14H2,1H3. The van der Waals surface area contributed by atoms with Gasteiger partial charge in [0.25, 0.3) is 17.7 Å². The molecule has 3 amide bonds. The Kier molecular flexibility index (Phi) is 5.84. The number of imide groups is 1. The zero-order valence-electron chi connectivity index (χ0n) is 15.5. The molecule has 28 heavy (non-hydrogen) atoms. The first-order valence-electron chi connectivity index (χ1n) is 8.93. The van der Waals surface area contributed by atoms with Gasteiger partial charge in [0.1, 0.15) is 6.54 Å². The fraction of sp³-hybridized carbons (Fsp3) is 0.238. The highest BCUT2D eigenvalue weighted by atomic mass is 16.5. The Morgan fingerprint density at radius 2 is 1.50 bits per heavy atom. The predicted molar refractivity (Wildman–Crippen MR) is 100 cm³/mol. The normalized spacial score (nSPS) is 12.7. The van der Waals surface area contributed by atoms with Crippen LogP contribution in [0.2, 0.25) is 0 Å². The zero-order chi connectivity index (χ0) is 20.1. The number of benzene rings is 2. The van der Waals surface area contributed by atoms with Gasteiger partial charge in [-0.05, 0) is 24.6 Å². The van der Waals surface area contributed by atoms with Crippen LogP contribution in [0.5, 0.6) is 0 Å². The fourth-order valence-electron chi connectivity index (χ4n) is 2.97. The molecule has 7 heteroatoms. The van der Waals surface area contributed by atoms with E-state index in [2.05, 4.69) is 0 Å². The second-order valence-electron chi connectivity index (χ2n) is 6.30. The molecule has 0 unspecified atom stereocenters. The van der Waals surface area contributed by atoms with Crippen molar-refractivity contribution in [2.45, 2.75) is 13.5 Å². The Morgan fingerprint density at radius 3 is 2.07 bits per heavy atom. The van der Waals surface area contributed by atoms with Crippen LogP contribution in [0.4, 0.5) is 0 Å². The second-order valence-corrected chi connectivity index (χ2v) is 6.30. The Bertz CT molecular complexity index is 875. The van der Waals surface area contributed by atoms with Crippen LogP contribution in [-0.2, 0) is 20.9 Å². The molecule has 1 aliphatic heterocycles. The van der Waals surface area contributed by atoms with Crippen LogP contribution in [0, 0.1) is 0 Å². The van der Waals surface area contributed by atoms with Crippen LogP contribution < -0.4 is 0 Å². The van der Waals surface area contributed by atoms with Crippen molar-refractivity contribution in [1.29, 1.82) is 0 Å². The molecule has 0 atom stereocenters. The third kappa shape index (κ3) is 4.09. The van der Waals surface area contributed by atoms with Crippen molar-refractivity contribution in [2.75, 3.05) is 19.7 Å².